The molecular weight excluding hydrogens is 264 g/mol. The maximum absolute atomic E-state index is 12.2. The van der Waals surface area contributed by atoms with Crippen LogP contribution in [0.25, 0.3) is 0 Å². The Labute approximate surface area is 115 Å². The fourth-order valence-corrected chi connectivity index (χ4v) is 2.10. The van der Waals surface area contributed by atoms with E-state index in [2.05, 4.69) is 10.5 Å². The maximum atomic E-state index is 12.2. The molecule has 1 heterocycles. The molecule has 1 fully saturated rings. The van der Waals surface area contributed by atoms with Crippen LogP contribution in [-0.4, -0.2) is 11.1 Å². The van der Waals surface area contributed by atoms with E-state index in [0.29, 0.717) is 22.3 Å². The lowest BCUT2D eigenvalue weighted by Gasteiger charge is -2.06. The van der Waals surface area contributed by atoms with Crippen molar-refractivity contribution in [2.24, 2.45) is 0 Å². The molecule has 1 saturated carbocycles. The number of hydrogen-bond acceptors (Lipinski definition) is 3. The average Bonchev–Trinajstić information content (AvgIpc) is 3.11. The van der Waals surface area contributed by atoms with Gasteiger partial charge in [0, 0.05) is 16.6 Å². The van der Waals surface area contributed by atoms with E-state index < -0.39 is 0 Å². The summed E-state index contributed by atoms with van der Waals surface area (Å²) in [5, 5.41) is 7.24. The Hall–Kier alpha value is -1.81. The Kier molecular flexibility index (Phi) is 3.03. The Morgan fingerprint density at radius 1 is 1.47 bits per heavy atom. The van der Waals surface area contributed by atoms with Crippen LogP contribution in [0.2, 0.25) is 5.02 Å². The fourth-order valence-electron chi connectivity index (χ4n) is 1.98. The number of anilines is 1. The first-order chi connectivity index (χ1) is 9.15. The fraction of sp³-hybridized carbons (Fsp3) is 0.286. The van der Waals surface area contributed by atoms with Gasteiger partial charge >= 0.3 is 0 Å². The normalized spacial score (nSPS) is 14.4. The second-order valence-electron chi connectivity index (χ2n) is 4.80. The monoisotopic (exact) mass is 276 g/mol. The third kappa shape index (κ3) is 2.49. The SMILES string of the molecule is Cc1cc(NC(=O)c2cnoc2C2CC2)ccc1Cl. The van der Waals surface area contributed by atoms with Crippen LogP contribution in [0.1, 0.15) is 40.4 Å². The van der Waals surface area contributed by atoms with Crippen molar-refractivity contribution >= 4 is 23.2 Å². The second-order valence-corrected chi connectivity index (χ2v) is 5.20. The van der Waals surface area contributed by atoms with Crippen LogP contribution in [0.15, 0.2) is 28.9 Å². The van der Waals surface area contributed by atoms with Crippen LogP contribution in [0.5, 0.6) is 0 Å². The minimum Gasteiger partial charge on any atom is -0.360 e. The number of nitrogens with one attached hydrogen (secondary N) is 1. The zero-order valence-electron chi connectivity index (χ0n) is 10.4. The molecule has 0 spiro atoms. The largest absolute Gasteiger partial charge is 0.360 e. The minimum absolute atomic E-state index is 0.190. The Bertz CT molecular complexity index is 632. The van der Waals surface area contributed by atoms with Gasteiger partial charge in [0.2, 0.25) is 0 Å². The van der Waals surface area contributed by atoms with Crippen LogP contribution in [0.3, 0.4) is 0 Å². The van der Waals surface area contributed by atoms with E-state index in [4.69, 9.17) is 16.1 Å². The molecule has 1 aliphatic rings. The third-order valence-corrected chi connectivity index (χ3v) is 3.63. The third-order valence-electron chi connectivity index (χ3n) is 3.21. The van der Waals surface area contributed by atoms with Crippen molar-refractivity contribution in [1.29, 1.82) is 0 Å². The highest BCUT2D eigenvalue weighted by molar-refractivity contribution is 6.31. The lowest BCUT2D eigenvalue weighted by molar-refractivity contribution is 0.102. The lowest BCUT2D eigenvalue weighted by Crippen LogP contribution is -2.12. The van der Waals surface area contributed by atoms with Crippen molar-refractivity contribution in [2.75, 3.05) is 5.32 Å². The number of carbonyl (C=O) groups excluding carboxylic acids is 1. The van der Waals surface area contributed by atoms with Gasteiger partial charge in [0.05, 0.1) is 6.20 Å². The van der Waals surface area contributed by atoms with Crippen molar-refractivity contribution in [1.82, 2.24) is 5.16 Å². The van der Waals surface area contributed by atoms with Gasteiger partial charge in [0.1, 0.15) is 5.56 Å². The van der Waals surface area contributed by atoms with Crippen molar-refractivity contribution in [3.05, 3.63) is 46.3 Å². The number of hydrogen-bond donors (Lipinski definition) is 1. The van der Waals surface area contributed by atoms with Gasteiger partial charge in [0.15, 0.2) is 5.76 Å². The molecular formula is C14H13ClN2O2. The summed E-state index contributed by atoms with van der Waals surface area (Å²) in [5.74, 6) is 0.864. The van der Waals surface area contributed by atoms with Crippen LogP contribution in [-0.2, 0) is 0 Å². The highest BCUT2D eigenvalue weighted by Crippen LogP contribution is 2.41. The predicted molar refractivity (Wildman–Crippen MR) is 72.6 cm³/mol. The van der Waals surface area contributed by atoms with Crippen LogP contribution in [0.4, 0.5) is 5.69 Å². The first-order valence-electron chi connectivity index (χ1n) is 6.17. The second kappa shape index (κ2) is 4.70. The molecule has 5 heteroatoms. The molecule has 98 valence electrons. The Balaban J connectivity index is 1.80. The topological polar surface area (TPSA) is 55.1 Å². The first kappa shape index (κ1) is 12.2. The van der Waals surface area contributed by atoms with E-state index in [9.17, 15) is 4.79 Å². The number of nitrogens with zero attached hydrogens (tertiary/aromatic N) is 1. The van der Waals surface area contributed by atoms with Crippen molar-refractivity contribution in [3.63, 3.8) is 0 Å². The van der Waals surface area contributed by atoms with Gasteiger partial charge in [-0.1, -0.05) is 16.8 Å². The first-order valence-corrected chi connectivity index (χ1v) is 6.55. The highest BCUT2D eigenvalue weighted by atomic mass is 35.5. The van der Waals surface area contributed by atoms with Gasteiger partial charge in [-0.3, -0.25) is 4.79 Å². The lowest BCUT2D eigenvalue weighted by atomic mass is 10.1. The number of carbonyl (C=O) groups is 1. The van der Waals surface area contributed by atoms with Gasteiger partial charge < -0.3 is 9.84 Å². The van der Waals surface area contributed by atoms with Crippen LogP contribution >= 0.6 is 11.6 Å². The van der Waals surface area contributed by atoms with E-state index >= 15 is 0 Å². The molecule has 19 heavy (non-hydrogen) atoms. The van der Waals surface area contributed by atoms with E-state index in [1.165, 1.54) is 6.20 Å². The van der Waals surface area contributed by atoms with Crippen LogP contribution in [0, 0.1) is 6.92 Å². The quantitative estimate of drug-likeness (QED) is 0.928. The summed E-state index contributed by atoms with van der Waals surface area (Å²) in [6, 6.07) is 5.38. The van der Waals surface area contributed by atoms with Gasteiger partial charge in [-0.15, -0.1) is 0 Å². The molecule has 0 aliphatic heterocycles. The number of benzene rings is 1. The molecule has 0 radical (unpaired) electrons. The van der Waals surface area contributed by atoms with Gasteiger partial charge in [-0.05, 0) is 43.5 Å². The van der Waals surface area contributed by atoms with Gasteiger partial charge in [-0.25, -0.2) is 0 Å². The zero-order chi connectivity index (χ0) is 13.4. The molecule has 0 atom stereocenters. The smallest absolute Gasteiger partial charge is 0.260 e. The highest BCUT2D eigenvalue weighted by Gasteiger charge is 2.32. The van der Waals surface area contributed by atoms with Gasteiger partial charge in [0.25, 0.3) is 5.91 Å². The Morgan fingerprint density at radius 3 is 2.95 bits per heavy atom. The summed E-state index contributed by atoms with van der Waals surface area (Å²) in [7, 11) is 0. The summed E-state index contributed by atoms with van der Waals surface area (Å²) in [6.45, 7) is 1.90. The van der Waals surface area contributed by atoms with Crippen molar-refractivity contribution in [3.8, 4) is 0 Å². The number of rotatable bonds is 3. The van der Waals surface area contributed by atoms with Crippen molar-refractivity contribution < 1.29 is 9.32 Å². The molecule has 0 unspecified atom stereocenters. The molecule has 0 bridgehead atoms. The maximum Gasteiger partial charge on any atom is 0.260 e. The summed E-state index contributed by atoms with van der Waals surface area (Å²) < 4.78 is 5.16. The number of aryl methyl sites for hydroxylation is 1. The standard InChI is InChI=1S/C14H13ClN2O2/c1-8-6-10(4-5-12(8)15)17-14(18)11-7-16-19-13(11)9-2-3-9/h4-7,9H,2-3H2,1H3,(H,17,18). The van der Waals surface area contributed by atoms with E-state index in [1.807, 2.05) is 13.0 Å². The van der Waals surface area contributed by atoms with E-state index in [0.717, 1.165) is 24.1 Å². The van der Waals surface area contributed by atoms with Gasteiger partial charge in [-0.2, -0.15) is 0 Å². The average molecular weight is 277 g/mol. The van der Waals surface area contributed by atoms with E-state index in [1.54, 1.807) is 12.1 Å². The Morgan fingerprint density at radius 2 is 2.26 bits per heavy atom. The summed E-state index contributed by atoms with van der Waals surface area (Å²) in [6.07, 6.45) is 3.61. The van der Waals surface area contributed by atoms with Crippen LogP contribution < -0.4 is 5.32 Å². The zero-order valence-corrected chi connectivity index (χ0v) is 11.2. The summed E-state index contributed by atoms with van der Waals surface area (Å²) in [5.41, 5.74) is 2.16. The number of amides is 1. The number of halogens is 1. The molecule has 1 aromatic carbocycles. The molecule has 1 aliphatic carbocycles. The van der Waals surface area contributed by atoms with E-state index in [-0.39, 0.29) is 5.91 Å². The minimum atomic E-state index is -0.190. The number of aromatic nitrogens is 1. The molecule has 1 aromatic heterocycles. The van der Waals surface area contributed by atoms with Crippen molar-refractivity contribution in [2.45, 2.75) is 25.7 Å². The molecule has 4 nitrogen and oxygen atoms in total. The summed E-state index contributed by atoms with van der Waals surface area (Å²) >= 11 is 5.95. The molecule has 1 amide bonds. The molecule has 2 aromatic rings. The predicted octanol–water partition coefficient (Wildman–Crippen LogP) is 3.77. The molecule has 1 N–H and O–H groups in total. The molecule has 3 rings (SSSR count). The molecule has 0 saturated heterocycles. The summed E-state index contributed by atoms with van der Waals surface area (Å²) in [4.78, 5) is 12.2.